The van der Waals surface area contributed by atoms with Crippen LogP contribution in [-0.2, 0) is 17.7 Å². The van der Waals surface area contributed by atoms with E-state index >= 15 is 0 Å². The molecule has 0 spiro atoms. The average Bonchev–Trinajstić information content (AvgIpc) is 2.26. The van der Waals surface area contributed by atoms with Crippen molar-refractivity contribution in [1.29, 1.82) is 0 Å². The van der Waals surface area contributed by atoms with Crippen LogP contribution in [0.1, 0.15) is 25.0 Å². The van der Waals surface area contributed by atoms with Gasteiger partial charge in [-0.05, 0) is 23.5 Å². The van der Waals surface area contributed by atoms with Crippen molar-refractivity contribution in [2.45, 2.75) is 26.8 Å². The van der Waals surface area contributed by atoms with Gasteiger partial charge < -0.3 is 10.1 Å². The Morgan fingerprint density at radius 2 is 1.75 bits per heavy atom. The number of methoxy groups -OCH3 is 1. The molecule has 2 heteroatoms. The van der Waals surface area contributed by atoms with Crippen LogP contribution in [0.3, 0.4) is 0 Å². The molecule has 0 atom stereocenters. The molecular formula is C14H23NO. The maximum atomic E-state index is 4.98. The third-order valence-electron chi connectivity index (χ3n) is 2.48. The molecule has 1 aromatic carbocycles. The fraction of sp³-hybridized carbons (Fsp3) is 0.571. The first-order valence-corrected chi connectivity index (χ1v) is 6.00. The van der Waals surface area contributed by atoms with Crippen LogP contribution in [-0.4, -0.2) is 20.3 Å². The highest BCUT2D eigenvalue weighted by atomic mass is 16.5. The summed E-state index contributed by atoms with van der Waals surface area (Å²) in [6, 6.07) is 8.87. The summed E-state index contributed by atoms with van der Waals surface area (Å²) in [5.74, 6) is 0.727. The molecule has 0 saturated heterocycles. The average molecular weight is 221 g/mol. The van der Waals surface area contributed by atoms with E-state index in [1.807, 2.05) is 0 Å². The van der Waals surface area contributed by atoms with Crippen molar-refractivity contribution < 1.29 is 4.74 Å². The van der Waals surface area contributed by atoms with E-state index in [0.717, 1.165) is 32.0 Å². The van der Waals surface area contributed by atoms with E-state index in [4.69, 9.17) is 4.74 Å². The molecule has 2 nitrogen and oxygen atoms in total. The Kier molecular flexibility index (Phi) is 6.12. The van der Waals surface area contributed by atoms with Crippen molar-refractivity contribution in [2.24, 2.45) is 5.92 Å². The number of benzene rings is 1. The lowest BCUT2D eigenvalue weighted by Crippen LogP contribution is -2.18. The number of nitrogens with one attached hydrogen (secondary N) is 1. The Balaban J connectivity index is 2.33. The molecular weight excluding hydrogens is 198 g/mol. The second-order valence-electron chi connectivity index (χ2n) is 4.58. The van der Waals surface area contributed by atoms with Gasteiger partial charge in [-0.15, -0.1) is 0 Å². The van der Waals surface area contributed by atoms with E-state index in [-0.39, 0.29) is 0 Å². The number of hydrogen-bond acceptors (Lipinski definition) is 2. The fourth-order valence-corrected chi connectivity index (χ4v) is 1.67. The molecule has 0 unspecified atom stereocenters. The Morgan fingerprint density at radius 3 is 2.31 bits per heavy atom. The number of hydrogen-bond donors (Lipinski definition) is 1. The van der Waals surface area contributed by atoms with Crippen molar-refractivity contribution >= 4 is 0 Å². The van der Waals surface area contributed by atoms with E-state index < -0.39 is 0 Å². The summed E-state index contributed by atoms with van der Waals surface area (Å²) in [6.07, 6.45) is 1.16. The van der Waals surface area contributed by atoms with Gasteiger partial charge in [0, 0.05) is 20.2 Å². The summed E-state index contributed by atoms with van der Waals surface area (Å²) in [5, 5.41) is 3.34. The summed E-state index contributed by atoms with van der Waals surface area (Å²) in [5.41, 5.74) is 2.76. The van der Waals surface area contributed by atoms with Gasteiger partial charge >= 0.3 is 0 Å². The van der Waals surface area contributed by atoms with Gasteiger partial charge in [0.05, 0.1) is 6.61 Å². The Hall–Kier alpha value is -0.860. The van der Waals surface area contributed by atoms with Crippen molar-refractivity contribution in [1.82, 2.24) is 5.32 Å². The van der Waals surface area contributed by atoms with E-state index in [9.17, 15) is 0 Å². The first-order valence-electron chi connectivity index (χ1n) is 6.00. The van der Waals surface area contributed by atoms with Gasteiger partial charge in [-0.1, -0.05) is 38.1 Å². The Morgan fingerprint density at radius 1 is 1.12 bits per heavy atom. The molecule has 0 aromatic heterocycles. The quantitative estimate of drug-likeness (QED) is 0.715. The van der Waals surface area contributed by atoms with Crippen molar-refractivity contribution in [3.8, 4) is 0 Å². The molecule has 0 aliphatic rings. The SMILES string of the molecule is COCCNCc1ccc(CC(C)C)cc1. The molecule has 0 bridgehead atoms. The normalized spacial score (nSPS) is 11.0. The second kappa shape index (κ2) is 7.42. The Bertz CT molecular complexity index is 279. The molecule has 1 N–H and O–H groups in total. The van der Waals surface area contributed by atoms with Crippen LogP contribution in [0, 0.1) is 5.92 Å². The molecule has 0 fully saturated rings. The monoisotopic (exact) mass is 221 g/mol. The molecule has 1 aromatic rings. The minimum Gasteiger partial charge on any atom is -0.383 e. The lowest BCUT2D eigenvalue weighted by Gasteiger charge is -2.07. The summed E-state index contributed by atoms with van der Waals surface area (Å²) in [4.78, 5) is 0. The van der Waals surface area contributed by atoms with E-state index in [1.165, 1.54) is 11.1 Å². The minimum atomic E-state index is 0.727. The van der Waals surface area contributed by atoms with Gasteiger partial charge in [-0.3, -0.25) is 0 Å². The summed E-state index contributed by atoms with van der Waals surface area (Å²) < 4.78 is 4.98. The summed E-state index contributed by atoms with van der Waals surface area (Å²) in [6.45, 7) is 7.10. The first kappa shape index (κ1) is 13.2. The van der Waals surface area contributed by atoms with Crippen LogP contribution in [0.5, 0.6) is 0 Å². The fourth-order valence-electron chi connectivity index (χ4n) is 1.67. The van der Waals surface area contributed by atoms with Gasteiger partial charge in [-0.2, -0.15) is 0 Å². The summed E-state index contributed by atoms with van der Waals surface area (Å²) >= 11 is 0. The first-order chi connectivity index (χ1) is 7.72. The largest absolute Gasteiger partial charge is 0.383 e. The molecule has 90 valence electrons. The molecule has 0 heterocycles. The van der Waals surface area contributed by atoms with Crippen LogP contribution in [0.15, 0.2) is 24.3 Å². The highest BCUT2D eigenvalue weighted by molar-refractivity contribution is 5.22. The molecule has 16 heavy (non-hydrogen) atoms. The molecule has 0 aliphatic carbocycles. The standard InChI is InChI=1S/C14H23NO/c1-12(2)10-13-4-6-14(7-5-13)11-15-8-9-16-3/h4-7,12,15H,8-11H2,1-3H3. The van der Waals surface area contributed by atoms with E-state index in [1.54, 1.807) is 7.11 Å². The topological polar surface area (TPSA) is 21.3 Å². The lowest BCUT2D eigenvalue weighted by molar-refractivity contribution is 0.199. The van der Waals surface area contributed by atoms with Crippen LogP contribution in [0.2, 0.25) is 0 Å². The maximum Gasteiger partial charge on any atom is 0.0587 e. The molecule has 0 saturated carbocycles. The molecule has 1 rings (SSSR count). The van der Waals surface area contributed by atoms with Gasteiger partial charge in [0.1, 0.15) is 0 Å². The van der Waals surface area contributed by atoms with Crippen molar-refractivity contribution in [2.75, 3.05) is 20.3 Å². The van der Waals surface area contributed by atoms with Gasteiger partial charge in [0.2, 0.25) is 0 Å². The number of rotatable bonds is 7. The smallest absolute Gasteiger partial charge is 0.0587 e. The third-order valence-corrected chi connectivity index (χ3v) is 2.48. The van der Waals surface area contributed by atoms with Crippen LogP contribution >= 0.6 is 0 Å². The minimum absolute atomic E-state index is 0.727. The maximum absolute atomic E-state index is 4.98. The molecule has 0 radical (unpaired) electrons. The van der Waals surface area contributed by atoms with Gasteiger partial charge in [-0.25, -0.2) is 0 Å². The number of ether oxygens (including phenoxy) is 1. The zero-order chi connectivity index (χ0) is 11.8. The van der Waals surface area contributed by atoms with Crippen molar-refractivity contribution in [3.63, 3.8) is 0 Å². The predicted octanol–water partition coefficient (Wildman–Crippen LogP) is 2.62. The highest BCUT2D eigenvalue weighted by Crippen LogP contribution is 2.09. The third kappa shape index (κ3) is 5.29. The van der Waals surface area contributed by atoms with Gasteiger partial charge in [0.25, 0.3) is 0 Å². The molecule has 0 amide bonds. The zero-order valence-electron chi connectivity index (χ0n) is 10.6. The highest BCUT2D eigenvalue weighted by Gasteiger charge is 1.98. The molecule has 0 aliphatic heterocycles. The second-order valence-corrected chi connectivity index (χ2v) is 4.58. The Labute approximate surface area is 99.0 Å². The summed E-state index contributed by atoms with van der Waals surface area (Å²) in [7, 11) is 1.72. The van der Waals surface area contributed by atoms with Crippen LogP contribution < -0.4 is 5.32 Å². The van der Waals surface area contributed by atoms with E-state index in [2.05, 4.69) is 43.4 Å². The lowest BCUT2D eigenvalue weighted by atomic mass is 10.0. The van der Waals surface area contributed by atoms with Crippen LogP contribution in [0.4, 0.5) is 0 Å². The van der Waals surface area contributed by atoms with Gasteiger partial charge in [0.15, 0.2) is 0 Å². The van der Waals surface area contributed by atoms with Crippen molar-refractivity contribution in [3.05, 3.63) is 35.4 Å². The van der Waals surface area contributed by atoms with Crippen LogP contribution in [0.25, 0.3) is 0 Å². The zero-order valence-corrected chi connectivity index (χ0v) is 10.6. The van der Waals surface area contributed by atoms with E-state index in [0.29, 0.717) is 0 Å². The predicted molar refractivity (Wildman–Crippen MR) is 68.6 cm³/mol.